The molecule has 1 aliphatic heterocycles. The van der Waals surface area contributed by atoms with Gasteiger partial charge in [-0.2, -0.15) is 18.3 Å². The van der Waals surface area contributed by atoms with E-state index >= 15 is 0 Å². The Morgan fingerprint density at radius 1 is 1.25 bits per heavy atom. The molecule has 1 saturated heterocycles. The molecule has 0 saturated carbocycles. The summed E-state index contributed by atoms with van der Waals surface area (Å²) in [6.45, 7) is 4.55. The molecule has 1 fully saturated rings. The van der Waals surface area contributed by atoms with Crippen molar-refractivity contribution in [3.05, 3.63) is 41.9 Å². The standard InChI is InChI=1S/C19H19F3N4O2/c1-11-5-6-12(2)25(10-11)18(27)14-9-17-23-13(15-4-3-7-28-15)8-16(19(20,21)22)26(17)24-14/h3-4,7-9,11-12H,5-6,10H2,1-2H3/t11-,12+/m0/s1. The lowest BCUT2D eigenvalue weighted by Gasteiger charge is -2.36. The van der Waals surface area contributed by atoms with Crippen LogP contribution in [-0.4, -0.2) is 38.0 Å². The minimum Gasteiger partial charge on any atom is -0.463 e. The summed E-state index contributed by atoms with van der Waals surface area (Å²) in [7, 11) is 0. The van der Waals surface area contributed by atoms with Crippen molar-refractivity contribution in [3.8, 4) is 11.5 Å². The molecular weight excluding hydrogens is 373 g/mol. The SMILES string of the molecule is C[C@H]1CC[C@@H](C)N(C(=O)c2cc3nc(-c4ccco4)cc(C(F)(F)F)n3n2)C1. The number of hydrogen-bond donors (Lipinski definition) is 0. The maximum Gasteiger partial charge on any atom is 0.433 e. The van der Waals surface area contributed by atoms with E-state index in [4.69, 9.17) is 4.42 Å². The highest BCUT2D eigenvalue weighted by Gasteiger charge is 2.36. The predicted octanol–water partition coefficient (Wildman–Crippen LogP) is 4.27. The smallest absolute Gasteiger partial charge is 0.433 e. The van der Waals surface area contributed by atoms with Crippen molar-refractivity contribution in [2.24, 2.45) is 5.92 Å². The fourth-order valence-electron chi connectivity index (χ4n) is 3.55. The molecule has 1 aliphatic rings. The van der Waals surface area contributed by atoms with Gasteiger partial charge < -0.3 is 9.32 Å². The summed E-state index contributed by atoms with van der Waals surface area (Å²) in [4.78, 5) is 18.8. The number of nitrogens with zero attached hydrogens (tertiary/aromatic N) is 4. The average Bonchev–Trinajstić information content (AvgIpc) is 3.30. The second kappa shape index (κ2) is 6.65. The molecule has 0 N–H and O–H groups in total. The first-order chi connectivity index (χ1) is 13.2. The van der Waals surface area contributed by atoms with Crippen LogP contribution in [0.2, 0.25) is 0 Å². The highest BCUT2D eigenvalue weighted by molar-refractivity contribution is 5.93. The fraction of sp³-hybridized carbons (Fsp3) is 0.421. The summed E-state index contributed by atoms with van der Waals surface area (Å²) in [5.41, 5.74) is -1.08. The third-order valence-electron chi connectivity index (χ3n) is 5.09. The normalized spacial score (nSPS) is 20.7. The number of halogens is 3. The van der Waals surface area contributed by atoms with Gasteiger partial charge in [0, 0.05) is 18.7 Å². The Morgan fingerprint density at radius 2 is 2.04 bits per heavy atom. The number of piperidine rings is 1. The molecule has 0 aliphatic carbocycles. The summed E-state index contributed by atoms with van der Waals surface area (Å²) in [5, 5.41) is 3.95. The Bertz CT molecular complexity index is 1010. The lowest BCUT2D eigenvalue weighted by molar-refractivity contribution is -0.142. The first-order valence-electron chi connectivity index (χ1n) is 9.07. The molecule has 9 heteroatoms. The summed E-state index contributed by atoms with van der Waals surface area (Å²) in [5.74, 6) is 0.171. The van der Waals surface area contributed by atoms with Gasteiger partial charge in [-0.1, -0.05) is 6.92 Å². The van der Waals surface area contributed by atoms with Gasteiger partial charge in [0.2, 0.25) is 0 Å². The molecule has 1 amide bonds. The second-order valence-corrected chi connectivity index (χ2v) is 7.29. The summed E-state index contributed by atoms with van der Waals surface area (Å²) < 4.78 is 46.7. The number of aromatic nitrogens is 3. The lowest BCUT2D eigenvalue weighted by atomic mass is 9.95. The molecule has 3 aromatic heterocycles. The largest absolute Gasteiger partial charge is 0.463 e. The van der Waals surface area contributed by atoms with Crippen molar-refractivity contribution in [2.45, 2.75) is 38.9 Å². The molecule has 0 aromatic carbocycles. The van der Waals surface area contributed by atoms with Crippen LogP contribution in [0.25, 0.3) is 17.1 Å². The zero-order chi connectivity index (χ0) is 20.1. The van der Waals surface area contributed by atoms with Gasteiger partial charge in [-0.15, -0.1) is 0 Å². The Morgan fingerprint density at radius 3 is 2.71 bits per heavy atom. The van der Waals surface area contributed by atoms with Crippen molar-refractivity contribution < 1.29 is 22.4 Å². The fourth-order valence-corrected chi connectivity index (χ4v) is 3.55. The highest BCUT2D eigenvalue weighted by atomic mass is 19.4. The van der Waals surface area contributed by atoms with Crippen LogP contribution in [-0.2, 0) is 6.18 Å². The van der Waals surface area contributed by atoms with Gasteiger partial charge in [-0.05, 0) is 43.9 Å². The quantitative estimate of drug-likeness (QED) is 0.653. The van der Waals surface area contributed by atoms with Gasteiger partial charge >= 0.3 is 6.18 Å². The number of likely N-dealkylation sites (tertiary alicyclic amines) is 1. The molecular formula is C19H19F3N4O2. The molecule has 0 radical (unpaired) electrons. The van der Waals surface area contributed by atoms with Crippen LogP contribution in [0.3, 0.4) is 0 Å². The highest BCUT2D eigenvalue weighted by Crippen LogP contribution is 2.33. The first-order valence-corrected chi connectivity index (χ1v) is 9.07. The maximum absolute atomic E-state index is 13.6. The van der Waals surface area contributed by atoms with E-state index in [0.29, 0.717) is 17.0 Å². The molecule has 0 spiro atoms. The van der Waals surface area contributed by atoms with Crippen molar-refractivity contribution in [2.75, 3.05) is 6.54 Å². The summed E-state index contributed by atoms with van der Waals surface area (Å²) >= 11 is 0. The second-order valence-electron chi connectivity index (χ2n) is 7.29. The van der Waals surface area contributed by atoms with E-state index in [1.54, 1.807) is 11.0 Å². The zero-order valence-corrected chi connectivity index (χ0v) is 15.4. The molecule has 0 unspecified atom stereocenters. The molecule has 2 atom stereocenters. The van der Waals surface area contributed by atoms with E-state index in [1.807, 2.05) is 6.92 Å². The monoisotopic (exact) mass is 392 g/mol. The number of hydrogen-bond acceptors (Lipinski definition) is 4. The number of furan rings is 1. The van der Waals surface area contributed by atoms with Gasteiger partial charge in [-0.25, -0.2) is 9.50 Å². The molecule has 3 aromatic rings. The zero-order valence-electron chi connectivity index (χ0n) is 15.4. The Labute approximate surface area is 159 Å². The topological polar surface area (TPSA) is 63.6 Å². The van der Waals surface area contributed by atoms with E-state index in [9.17, 15) is 18.0 Å². The van der Waals surface area contributed by atoms with Crippen molar-refractivity contribution in [3.63, 3.8) is 0 Å². The van der Waals surface area contributed by atoms with Crippen LogP contribution in [0.15, 0.2) is 34.9 Å². The minimum atomic E-state index is -4.66. The van der Waals surface area contributed by atoms with Crippen molar-refractivity contribution in [1.82, 2.24) is 19.5 Å². The Hall–Kier alpha value is -2.84. The average molecular weight is 392 g/mol. The van der Waals surface area contributed by atoms with Crippen LogP contribution < -0.4 is 0 Å². The van der Waals surface area contributed by atoms with E-state index in [-0.39, 0.29) is 34.7 Å². The van der Waals surface area contributed by atoms with E-state index in [0.717, 1.165) is 18.9 Å². The van der Waals surface area contributed by atoms with Crippen molar-refractivity contribution >= 4 is 11.6 Å². The van der Waals surface area contributed by atoms with Gasteiger partial charge in [0.15, 0.2) is 22.8 Å². The maximum atomic E-state index is 13.6. The molecule has 6 nitrogen and oxygen atoms in total. The summed E-state index contributed by atoms with van der Waals surface area (Å²) in [6, 6.07) is 5.29. The predicted molar refractivity (Wildman–Crippen MR) is 94.6 cm³/mol. The first kappa shape index (κ1) is 18.5. The number of amides is 1. The molecule has 4 rings (SSSR count). The lowest BCUT2D eigenvalue weighted by Crippen LogP contribution is -2.45. The number of fused-ring (bicyclic) bond motifs is 1. The van der Waals surface area contributed by atoms with Gasteiger partial charge in [0.25, 0.3) is 5.91 Å². The van der Waals surface area contributed by atoms with Gasteiger partial charge in [0.05, 0.1) is 6.26 Å². The molecule has 4 heterocycles. The number of alkyl halides is 3. The van der Waals surface area contributed by atoms with E-state index < -0.39 is 11.9 Å². The Kier molecular flexibility index (Phi) is 4.40. The molecule has 0 bridgehead atoms. The minimum absolute atomic E-state index is 0.0160. The van der Waals surface area contributed by atoms with E-state index in [1.165, 1.54) is 18.4 Å². The number of carbonyl (C=O) groups is 1. The van der Waals surface area contributed by atoms with Crippen LogP contribution in [0.1, 0.15) is 42.9 Å². The van der Waals surface area contributed by atoms with E-state index in [2.05, 4.69) is 17.0 Å². The number of rotatable bonds is 2. The van der Waals surface area contributed by atoms with Gasteiger partial charge in [-0.3, -0.25) is 4.79 Å². The van der Waals surface area contributed by atoms with Gasteiger partial charge in [0.1, 0.15) is 5.69 Å². The van der Waals surface area contributed by atoms with Crippen LogP contribution in [0.4, 0.5) is 13.2 Å². The van der Waals surface area contributed by atoms with Crippen molar-refractivity contribution in [1.29, 1.82) is 0 Å². The third kappa shape index (κ3) is 3.25. The molecule has 28 heavy (non-hydrogen) atoms. The third-order valence-corrected chi connectivity index (χ3v) is 5.09. The number of carbonyl (C=O) groups excluding carboxylic acids is 1. The van der Waals surface area contributed by atoms with Crippen LogP contribution in [0, 0.1) is 5.92 Å². The molecule has 148 valence electrons. The van der Waals surface area contributed by atoms with Crippen LogP contribution >= 0.6 is 0 Å². The summed E-state index contributed by atoms with van der Waals surface area (Å²) in [6.07, 6.45) is -1.43. The van der Waals surface area contributed by atoms with Crippen LogP contribution in [0.5, 0.6) is 0 Å². The Balaban J connectivity index is 1.80.